The molecule has 1 N–H and O–H groups in total. The van der Waals surface area contributed by atoms with Gasteiger partial charge in [0, 0.05) is 25.8 Å². The average Bonchev–Trinajstić information content (AvgIpc) is 2.63. The van der Waals surface area contributed by atoms with Gasteiger partial charge in [-0.2, -0.15) is 5.10 Å². The number of hydrogen-bond acceptors (Lipinski definition) is 2. The predicted octanol–water partition coefficient (Wildman–Crippen LogP) is 2.48. The lowest BCUT2D eigenvalue weighted by atomic mass is 9.75. The van der Waals surface area contributed by atoms with E-state index in [0.717, 1.165) is 12.2 Å². The highest BCUT2D eigenvalue weighted by atomic mass is 15.3. The Hall–Kier alpha value is -0.830. The second-order valence-electron chi connectivity index (χ2n) is 5.80. The molecule has 0 radical (unpaired) electrons. The van der Waals surface area contributed by atoms with E-state index in [1.165, 1.54) is 25.7 Å². The lowest BCUT2D eigenvalue weighted by Gasteiger charge is -2.34. The summed E-state index contributed by atoms with van der Waals surface area (Å²) in [4.78, 5) is 0. The van der Waals surface area contributed by atoms with Gasteiger partial charge in [0.2, 0.25) is 0 Å². The summed E-state index contributed by atoms with van der Waals surface area (Å²) in [6.45, 7) is 5.66. The molecule has 1 aliphatic rings. The summed E-state index contributed by atoms with van der Waals surface area (Å²) in [6.07, 6.45) is 7.29. The van der Waals surface area contributed by atoms with Gasteiger partial charge >= 0.3 is 0 Å². The van der Waals surface area contributed by atoms with Crippen molar-refractivity contribution in [1.29, 1.82) is 0 Å². The second-order valence-corrected chi connectivity index (χ2v) is 5.80. The van der Waals surface area contributed by atoms with Crippen molar-refractivity contribution in [2.24, 2.45) is 12.5 Å². The van der Waals surface area contributed by atoms with Crippen LogP contribution in [0.15, 0.2) is 12.3 Å². The van der Waals surface area contributed by atoms with Crippen LogP contribution in [-0.4, -0.2) is 15.8 Å². The Morgan fingerprint density at radius 1 is 1.44 bits per heavy atom. The summed E-state index contributed by atoms with van der Waals surface area (Å²) in [5.41, 5.74) is 1.70. The van der Waals surface area contributed by atoms with Gasteiger partial charge in [-0.25, -0.2) is 0 Å². The molecule has 1 aliphatic carbocycles. The van der Waals surface area contributed by atoms with Crippen LogP contribution in [0.1, 0.15) is 45.2 Å². The summed E-state index contributed by atoms with van der Waals surface area (Å²) in [5, 5.41) is 7.99. The summed E-state index contributed by atoms with van der Waals surface area (Å²) < 4.78 is 1.86. The Balaban J connectivity index is 1.75. The Morgan fingerprint density at radius 2 is 2.12 bits per heavy atom. The maximum absolute atomic E-state index is 4.38. The van der Waals surface area contributed by atoms with E-state index in [1.54, 1.807) is 0 Å². The number of rotatable bonds is 3. The van der Waals surface area contributed by atoms with Gasteiger partial charge in [-0.1, -0.05) is 13.8 Å². The number of hydrogen-bond donors (Lipinski definition) is 1. The standard InChI is InChI=1S/C13H23N3/c1-13(2)7-4-11(5-8-13)14-10-12-6-9-16(3)15-12/h6,9,11,14H,4-5,7-8,10H2,1-3H3. The molecule has 0 spiro atoms. The number of nitrogens with one attached hydrogen (secondary N) is 1. The van der Waals surface area contributed by atoms with Gasteiger partial charge in [-0.15, -0.1) is 0 Å². The third kappa shape index (κ3) is 3.08. The van der Waals surface area contributed by atoms with Gasteiger partial charge < -0.3 is 5.32 Å². The smallest absolute Gasteiger partial charge is 0.0762 e. The zero-order valence-corrected chi connectivity index (χ0v) is 10.7. The minimum absolute atomic E-state index is 0.559. The molecule has 1 fully saturated rings. The maximum atomic E-state index is 4.38. The van der Waals surface area contributed by atoms with Crippen molar-refractivity contribution in [2.75, 3.05) is 0 Å². The van der Waals surface area contributed by atoms with Crippen molar-refractivity contribution in [3.05, 3.63) is 18.0 Å². The van der Waals surface area contributed by atoms with Crippen LogP contribution in [-0.2, 0) is 13.6 Å². The van der Waals surface area contributed by atoms with Gasteiger partial charge in [0.05, 0.1) is 5.69 Å². The van der Waals surface area contributed by atoms with Crippen molar-refractivity contribution < 1.29 is 0 Å². The topological polar surface area (TPSA) is 29.9 Å². The van der Waals surface area contributed by atoms with Crippen LogP contribution in [0.3, 0.4) is 0 Å². The first kappa shape index (κ1) is 11.6. The van der Waals surface area contributed by atoms with Crippen LogP contribution in [0.25, 0.3) is 0 Å². The van der Waals surface area contributed by atoms with Gasteiger partial charge in [0.1, 0.15) is 0 Å². The van der Waals surface area contributed by atoms with E-state index < -0.39 is 0 Å². The molecular weight excluding hydrogens is 198 g/mol. The molecule has 3 heteroatoms. The van der Waals surface area contributed by atoms with E-state index in [9.17, 15) is 0 Å². The van der Waals surface area contributed by atoms with Crippen molar-refractivity contribution in [1.82, 2.24) is 15.1 Å². The fraction of sp³-hybridized carbons (Fsp3) is 0.769. The van der Waals surface area contributed by atoms with E-state index in [4.69, 9.17) is 0 Å². The van der Waals surface area contributed by atoms with Crippen LogP contribution >= 0.6 is 0 Å². The molecule has 2 rings (SSSR count). The van der Waals surface area contributed by atoms with Crippen LogP contribution in [0.4, 0.5) is 0 Å². The minimum atomic E-state index is 0.559. The normalized spacial score (nSPS) is 21.2. The summed E-state index contributed by atoms with van der Waals surface area (Å²) in [5.74, 6) is 0. The largest absolute Gasteiger partial charge is 0.308 e. The summed E-state index contributed by atoms with van der Waals surface area (Å²) in [6, 6.07) is 2.77. The minimum Gasteiger partial charge on any atom is -0.308 e. The molecule has 0 bridgehead atoms. The maximum Gasteiger partial charge on any atom is 0.0762 e. The highest BCUT2D eigenvalue weighted by Gasteiger charge is 2.26. The molecule has 0 aliphatic heterocycles. The average molecular weight is 221 g/mol. The van der Waals surface area contributed by atoms with Crippen molar-refractivity contribution >= 4 is 0 Å². The number of aryl methyl sites for hydroxylation is 1. The molecule has 0 unspecified atom stereocenters. The Kier molecular flexibility index (Phi) is 3.33. The van der Waals surface area contributed by atoms with Crippen LogP contribution < -0.4 is 5.32 Å². The van der Waals surface area contributed by atoms with Crippen LogP contribution in [0.5, 0.6) is 0 Å². The third-order valence-electron chi connectivity index (χ3n) is 3.68. The lowest BCUT2D eigenvalue weighted by molar-refractivity contribution is 0.205. The molecule has 1 saturated carbocycles. The molecule has 0 aromatic carbocycles. The molecule has 1 aromatic rings. The van der Waals surface area contributed by atoms with Crippen molar-refractivity contribution in [3.63, 3.8) is 0 Å². The fourth-order valence-electron chi connectivity index (χ4n) is 2.41. The van der Waals surface area contributed by atoms with E-state index in [2.05, 4.69) is 30.3 Å². The van der Waals surface area contributed by atoms with Gasteiger partial charge in [0.25, 0.3) is 0 Å². The number of nitrogens with zero attached hydrogens (tertiary/aromatic N) is 2. The second kappa shape index (κ2) is 4.58. The molecule has 0 amide bonds. The molecule has 16 heavy (non-hydrogen) atoms. The molecule has 0 saturated heterocycles. The van der Waals surface area contributed by atoms with E-state index in [0.29, 0.717) is 11.5 Å². The predicted molar refractivity (Wildman–Crippen MR) is 66.1 cm³/mol. The van der Waals surface area contributed by atoms with E-state index in [-0.39, 0.29) is 0 Å². The zero-order chi connectivity index (χ0) is 11.6. The molecule has 3 nitrogen and oxygen atoms in total. The SMILES string of the molecule is Cn1ccc(CNC2CCC(C)(C)CC2)n1. The quantitative estimate of drug-likeness (QED) is 0.850. The highest BCUT2D eigenvalue weighted by molar-refractivity contribution is 4.98. The number of aromatic nitrogens is 2. The van der Waals surface area contributed by atoms with E-state index in [1.807, 2.05) is 17.9 Å². The molecule has 0 atom stereocenters. The van der Waals surface area contributed by atoms with Gasteiger partial charge in [0.15, 0.2) is 0 Å². The first-order valence-electron chi connectivity index (χ1n) is 6.27. The first-order chi connectivity index (χ1) is 7.55. The van der Waals surface area contributed by atoms with Crippen LogP contribution in [0.2, 0.25) is 0 Å². The Labute approximate surface area is 98.2 Å². The lowest BCUT2D eigenvalue weighted by Crippen LogP contribution is -2.35. The summed E-state index contributed by atoms with van der Waals surface area (Å²) >= 11 is 0. The van der Waals surface area contributed by atoms with Crippen molar-refractivity contribution in [2.45, 2.75) is 52.1 Å². The van der Waals surface area contributed by atoms with Gasteiger partial charge in [-0.3, -0.25) is 4.68 Å². The Bertz CT molecular complexity index is 331. The van der Waals surface area contributed by atoms with Gasteiger partial charge in [-0.05, 0) is 37.2 Å². The summed E-state index contributed by atoms with van der Waals surface area (Å²) in [7, 11) is 1.96. The fourth-order valence-corrected chi connectivity index (χ4v) is 2.41. The highest BCUT2D eigenvalue weighted by Crippen LogP contribution is 2.34. The van der Waals surface area contributed by atoms with Crippen LogP contribution in [0, 0.1) is 5.41 Å². The van der Waals surface area contributed by atoms with Crippen molar-refractivity contribution in [3.8, 4) is 0 Å². The molecule has 1 heterocycles. The Morgan fingerprint density at radius 3 is 2.69 bits per heavy atom. The zero-order valence-electron chi connectivity index (χ0n) is 10.7. The first-order valence-corrected chi connectivity index (χ1v) is 6.27. The molecule has 1 aromatic heterocycles. The van der Waals surface area contributed by atoms with E-state index >= 15 is 0 Å². The molecule has 90 valence electrons. The monoisotopic (exact) mass is 221 g/mol. The molecular formula is C13H23N3. The third-order valence-corrected chi connectivity index (χ3v) is 3.68.